The minimum Gasteiger partial charge on any atom is -0.462 e. The summed E-state index contributed by atoms with van der Waals surface area (Å²) < 4.78 is 60.1. The molecule has 20 heteroatoms. The molecule has 4 heterocycles. The summed E-state index contributed by atoms with van der Waals surface area (Å²) in [4.78, 5) is 77.9. The van der Waals surface area contributed by atoms with Gasteiger partial charge >= 0.3 is 30.0 Å². The van der Waals surface area contributed by atoms with Crippen LogP contribution < -0.4 is 5.32 Å². The van der Waals surface area contributed by atoms with Gasteiger partial charge in [-0.3, -0.25) is 19.2 Å². The smallest absolute Gasteiger partial charge is 0.408 e. The fourth-order valence-corrected chi connectivity index (χ4v) is 9.03. The molecule has 0 bridgehead atoms. The molecule has 0 saturated carbocycles. The summed E-state index contributed by atoms with van der Waals surface area (Å²) in [5, 5.41) is 26.3. The third-order valence-electron chi connectivity index (χ3n) is 12.2. The van der Waals surface area contributed by atoms with E-state index in [1.165, 1.54) is 21.0 Å². The summed E-state index contributed by atoms with van der Waals surface area (Å²) in [6.45, 7) is 12.8. The Hall–Kier alpha value is -3.76. The Balaban J connectivity index is 1.74. The van der Waals surface area contributed by atoms with Gasteiger partial charge in [0.2, 0.25) is 0 Å². The lowest BCUT2D eigenvalue weighted by atomic mass is 9.82. The van der Waals surface area contributed by atoms with Crippen LogP contribution in [0.25, 0.3) is 0 Å². The van der Waals surface area contributed by atoms with Gasteiger partial charge in [-0.05, 0) is 66.1 Å². The van der Waals surface area contributed by atoms with Crippen LogP contribution in [0.3, 0.4) is 0 Å². The molecular weight excluding hydrogens is 844 g/mol. The maximum atomic E-state index is 13.7. The number of amides is 1. The van der Waals surface area contributed by atoms with Gasteiger partial charge in [-0.2, -0.15) is 0 Å². The van der Waals surface area contributed by atoms with Crippen LogP contribution in [0.15, 0.2) is 12.2 Å². The fraction of sp³-hybridized carbons (Fsp3) is 0.818. The topological polar surface area (TPSA) is 250 Å². The molecule has 0 aromatic carbocycles. The van der Waals surface area contributed by atoms with E-state index in [2.05, 4.69) is 5.32 Å². The first-order valence-corrected chi connectivity index (χ1v) is 22.2. The number of nitrogens with one attached hydrogen (secondary N) is 1. The van der Waals surface area contributed by atoms with E-state index in [0.717, 1.165) is 0 Å². The number of carbonyl (C=O) groups excluding carboxylic acids is 6. The highest BCUT2D eigenvalue weighted by Gasteiger charge is 2.53. The van der Waals surface area contributed by atoms with Crippen molar-refractivity contribution in [3.8, 4) is 0 Å². The second kappa shape index (κ2) is 23.6. The molecule has 3 saturated heterocycles. The monoisotopic (exact) mass is 914 g/mol. The lowest BCUT2D eigenvalue weighted by Crippen LogP contribution is -2.66. The van der Waals surface area contributed by atoms with Gasteiger partial charge in [-0.25, -0.2) is 4.79 Å². The first-order valence-electron chi connectivity index (χ1n) is 22.2. The molecule has 0 aliphatic carbocycles. The number of aldehydes is 1. The number of aliphatic hydroxyl groups is 2. The minimum atomic E-state index is -1.52. The Labute approximate surface area is 375 Å². The molecule has 0 radical (unpaired) electrons. The molecule has 64 heavy (non-hydrogen) atoms. The zero-order valence-corrected chi connectivity index (χ0v) is 38.9. The summed E-state index contributed by atoms with van der Waals surface area (Å²) in [6, 6.07) is -1.51. The molecule has 364 valence electrons. The number of hydrogen-bond donors (Lipinski definition) is 3. The van der Waals surface area contributed by atoms with Gasteiger partial charge < -0.3 is 72.6 Å². The minimum absolute atomic E-state index is 0.0616. The van der Waals surface area contributed by atoms with Crippen molar-refractivity contribution in [2.75, 3.05) is 21.2 Å². The van der Waals surface area contributed by atoms with Gasteiger partial charge in [0, 0.05) is 46.1 Å². The average molecular weight is 915 g/mol. The van der Waals surface area contributed by atoms with Gasteiger partial charge in [0.1, 0.15) is 54.6 Å². The summed E-state index contributed by atoms with van der Waals surface area (Å²) >= 11 is 0. The van der Waals surface area contributed by atoms with Crippen molar-refractivity contribution in [1.82, 2.24) is 10.2 Å². The first kappa shape index (κ1) is 52.9. The Morgan fingerprint density at radius 2 is 1.59 bits per heavy atom. The molecule has 4 aliphatic rings. The normalized spacial score (nSPS) is 40.5. The summed E-state index contributed by atoms with van der Waals surface area (Å²) in [5.41, 5.74) is -1.52. The largest absolute Gasteiger partial charge is 0.462 e. The SMILES string of the molecule is CCC(=O)O[C@@H]1CC(=O)O[C@H](C)C[C@@H]2OC(=O)N[C@@H]2/C=C/[C@H](OC(C)=O)[C@H](C)C[C@H](CC=O)[C@H](O[C@@H]2O[C@H](C)[C@@H](O[C@H]3C[C@@](C)(O)[C@@H](OC(=O)CC)[C@H](C)O3)[C@H](N(C)C)[C@H]2O)[C@H]1OC. The van der Waals surface area contributed by atoms with Crippen LogP contribution in [0.5, 0.6) is 0 Å². The number of rotatable bonds is 13. The molecule has 4 rings (SSSR count). The van der Waals surface area contributed by atoms with Crippen molar-refractivity contribution in [3.05, 3.63) is 12.2 Å². The maximum Gasteiger partial charge on any atom is 0.408 e. The summed E-state index contributed by atoms with van der Waals surface area (Å²) in [6.07, 6.45) is -10.8. The van der Waals surface area contributed by atoms with Crippen molar-refractivity contribution in [2.45, 2.75) is 198 Å². The fourth-order valence-electron chi connectivity index (χ4n) is 9.03. The predicted octanol–water partition coefficient (Wildman–Crippen LogP) is 2.26. The second-order valence-corrected chi connectivity index (χ2v) is 17.7. The number of carbonyl (C=O) groups is 6. The van der Waals surface area contributed by atoms with E-state index >= 15 is 0 Å². The van der Waals surface area contributed by atoms with Crippen LogP contribution in [0.1, 0.15) is 100 Å². The van der Waals surface area contributed by atoms with E-state index in [0.29, 0.717) is 6.29 Å². The Morgan fingerprint density at radius 1 is 0.922 bits per heavy atom. The van der Waals surface area contributed by atoms with Crippen LogP contribution in [-0.2, 0) is 71.3 Å². The Kier molecular flexibility index (Phi) is 19.5. The van der Waals surface area contributed by atoms with Crippen LogP contribution >= 0.6 is 0 Å². The molecule has 0 aromatic heterocycles. The van der Waals surface area contributed by atoms with Crippen LogP contribution in [0.2, 0.25) is 0 Å². The van der Waals surface area contributed by atoms with Crippen LogP contribution in [0, 0.1) is 11.8 Å². The number of likely N-dealkylation sites (N-methyl/N-ethyl adjacent to an activating group) is 1. The van der Waals surface area contributed by atoms with Crippen molar-refractivity contribution in [2.24, 2.45) is 11.8 Å². The number of hydrogen-bond acceptors (Lipinski definition) is 19. The number of alkyl carbamates (subject to hydrolysis) is 1. The zero-order chi connectivity index (χ0) is 47.6. The number of methoxy groups -OCH3 is 1. The average Bonchev–Trinajstić information content (AvgIpc) is 3.55. The lowest BCUT2D eigenvalue weighted by molar-refractivity contribution is -0.344. The number of ether oxygens (including phenoxy) is 10. The highest BCUT2D eigenvalue weighted by molar-refractivity contribution is 5.73. The molecule has 1 amide bonds. The second-order valence-electron chi connectivity index (χ2n) is 17.7. The number of esters is 4. The summed E-state index contributed by atoms with van der Waals surface area (Å²) in [5.74, 6) is -3.86. The maximum absolute atomic E-state index is 13.7. The molecule has 20 nitrogen and oxygen atoms in total. The highest BCUT2D eigenvalue weighted by atomic mass is 16.7. The van der Waals surface area contributed by atoms with E-state index in [-0.39, 0.29) is 38.5 Å². The van der Waals surface area contributed by atoms with Gasteiger partial charge in [0.25, 0.3) is 0 Å². The third kappa shape index (κ3) is 13.9. The van der Waals surface area contributed by atoms with Gasteiger partial charge in [0.05, 0.1) is 36.8 Å². The Bertz CT molecular complexity index is 1630. The Morgan fingerprint density at radius 3 is 2.19 bits per heavy atom. The van der Waals surface area contributed by atoms with Crippen molar-refractivity contribution >= 4 is 36.3 Å². The first-order chi connectivity index (χ1) is 30.1. The van der Waals surface area contributed by atoms with Crippen molar-refractivity contribution in [3.63, 3.8) is 0 Å². The van der Waals surface area contributed by atoms with E-state index in [1.807, 2.05) is 0 Å². The quantitative estimate of drug-likeness (QED) is 0.104. The molecule has 0 aromatic rings. The standard InChI is InChI=1S/C44H70N2O18/c1-12-32(49)60-31-20-34(51)56-23(4)19-30-28(45-43(53)61-30)14-15-29(59-26(7)48)22(3)18-27(16-17-47)39(40(31)55-11)64-42-37(52)36(46(9)10)38(24(5)58-42)63-35-21-44(8,54)41(25(6)57-35)62-33(50)13-2/h14-15,17,22-25,27-31,35-42,52,54H,12-13,16,18-21H2,1-11H3,(H,45,53)/b15-14+/t22-,23-,24-,25+,27+,28-,29+,30+,31-,35+,36-,37-,38-,39+,40+,41+,42+,44-/m1/s1. The number of cyclic esters (lactones) is 1. The molecule has 0 spiro atoms. The van der Waals surface area contributed by atoms with Crippen LogP contribution in [0.4, 0.5) is 4.79 Å². The lowest BCUT2D eigenvalue weighted by Gasteiger charge is -2.50. The van der Waals surface area contributed by atoms with Gasteiger partial charge in [-0.1, -0.05) is 26.8 Å². The van der Waals surface area contributed by atoms with Crippen molar-refractivity contribution in [1.29, 1.82) is 0 Å². The zero-order valence-electron chi connectivity index (χ0n) is 38.9. The molecular formula is C44H70N2O18. The number of aliphatic hydroxyl groups excluding tert-OH is 1. The van der Waals surface area contributed by atoms with E-state index < -0.39 is 146 Å². The molecule has 3 fully saturated rings. The van der Waals surface area contributed by atoms with Crippen molar-refractivity contribution < 1.29 is 86.3 Å². The predicted molar refractivity (Wildman–Crippen MR) is 223 cm³/mol. The molecule has 4 aliphatic heterocycles. The molecule has 18 atom stereocenters. The third-order valence-corrected chi connectivity index (χ3v) is 12.2. The van der Waals surface area contributed by atoms with E-state index in [1.54, 1.807) is 72.7 Å². The summed E-state index contributed by atoms with van der Waals surface area (Å²) in [7, 11) is 4.78. The van der Waals surface area contributed by atoms with E-state index in [9.17, 15) is 39.0 Å². The van der Waals surface area contributed by atoms with Crippen LogP contribution in [-0.4, -0.2) is 170 Å². The van der Waals surface area contributed by atoms with Gasteiger partial charge in [0.15, 0.2) is 18.7 Å². The number of nitrogens with zero attached hydrogens (tertiary/aromatic N) is 1. The molecule has 0 unspecified atom stereocenters. The van der Waals surface area contributed by atoms with E-state index in [4.69, 9.17) is 47.4 Å². The number of fused-ring (bicyclic) bond motifs is 1. The van der Waals surface area contributed by atoms with Gasteiger partial charge in [-0.15, -0.1) is 0 Å². The molecule has 3 N–H and O–H groups in total. The highest BCUT2D eigenvalue weighted by Crippen LogP contribution is 2.38.